The third kappa shape index (κ3) is 4.56. The van der Waals surface area contributed by atoms with E-state index >= 15 is 0 Å². The Kier molecular flexibility index (Phi) is 6.42. The predicted molar refractivity (Wildman–Crippen MR) is 113 cm³/mol. The number of nitrogens with zero attached hydrogens (tertiary/aromatic N) is 2. The Hall–Kier alpha value is -2.31. The number of nitrogens with one attached hydrogen (secondary N) is 1. The number of benzene rings is 1. The van der Waals surface area contributed by atoms with E-state index < -0.39 is 0 Å². The molecule has 5 nitrogen and oxygen atoms in total. The Balaban J connectivity index is 1.61. The number of aryl methyl sites for hydroxylation is 4. The van der Waals surface area contributed by atoms with Crippen LogP contribution in [0.25, 0.3) is 0 Å². The van der Waals surface area contributed by atoms with Gasteiger partial charge in [0.1, 0.15) is 12.4 Å². The summed E-state index contributed by atoms with van der Waals surface area (Å²) >= 11 is 7.55. The first kappa shape index (κ1) is 20.4. The van der Waals surface area contributed by atoms with Gasteiger partial charge in [-0.25, -0.2) is 0 Å². The van der Waals surface area contributed by atoms with Gasteiger partial charge in [-0.2, -0.15) is 5.10 Å². The molecule has 3 aromatic rings. The zero-order chi connectivity index (χ0) is 20.3. The third-order valence-corrected chi connectivity index (χ3v) is 5.77. The van der Waals surface area contributed by atoms with Gasteiger partial charge in [0.05, 0.1) is 28.3 Å². The molecule has 2 aromatic heterocycles. The van der Waals surface area contributed by atoms with Crippen molar-refractivity contribution in [3.8, 4) is 5.75 Å². The van der Waals surface area contributed by atoms with Crippen LogP contribution in [0.1, 0.15) is 44.5 Å². The fraction of sp³-hybridized carbons (Fsp3) is 0.333. The molecule has 0 bridgehead atoms. The first-order chi connectivity index (χ1) is 13.4. The molecular weight excluding hydrogens is 394 g/mol. The van der Waals surface area contributed by atoms with E-state index in [0.717, 1.165) is 28.1 Å². The molecule has 0 spiro atoms. The molecule has 0 aliphatic heterocycles. The molecule has 0 saturated carbocycles. The van der Waals surface area contributed by atoms with Crippen molar-refractivity contribution in [3.63, 3.8) is 0 Å². The molecule has 148 valence electrons. The maximum Gasteiger partial charge on any atom is 0.261 e. The first-order valence-electron chi connectivity index (χ1n) is 9.15. The van der Waals surface area contributed by atoms with Crippen LogP contribution in [0.15, 0.2) is 29.8 Å². The highest BCUT2D eigenvalue weighted by Gasteiger charge is 2.13. The van der Waals surface area contributed by atoms with Crippen LogP contribution in [0.3, 0.4) is 0 Å². The monoisotopic (exact) mass is 417 g/mol. The maximum atomic E-state index is 12.5. The van der Waals surface area contributed by atoms with Crippen LogP contribution in [0.4, 0.5) is 0 Å². The SMILES string of the molecule is CCn1ncc(Cl)c1CNC(=O)c1cc(COc2c(C)cc(C)cc2C)cs1. The van der Waals surface area contributed by atoms with Crippen LogP contribution >= 0.6 is 22.9 Å². The largest absolute Gasteiger partial charge is 0.488 e. The van der Waals surface area contributed by atoms with E-state index in [9.17, 15) is 4.79 Å². The summed E-state index contributed by atoms with van der Waals surface area (Å²) in [5.74, 6) is 0.782. The van der Waals surface area contributed by atoms with Gasteiger partial charge in [0.25, 0.3) is 5.91 Å². The Morgan fingerprint density at radius 1 is 1.25 bits per heavy atom. The quantitative estimate of drug-likeness (QED) is 0.585. The number of halogens is 1. The molecule has 0 aliphatic rings. The van der Waals surface area contributed by atoms with Gasteiger partial charge in [-0.05, 0) is 50.3 Å². The summed E-state index contributed by atoms with van der Waals surface area (Å²) in [5.41, 5.74) is 5.25. The van der Waals surface area contributed by atoms with E-state index in [1.165, 1.54) is 16.9 Å². The Labute approximate surface area is 174 Å². The van der Waals surface area contributed by atoms with Crippen molar-refractivity contribution < 1.29 is 9.53 Å². The predicted octanol–water partition coefficient (Wildman–Crippen LogP) is 5.05. The summed E-state index contributed by atoms with van der Waals surface area (Å²) < 4.78 is 7.79. The molecule has 0 unspecified atom stereocenters. The van der Waals surface area contributed by atoms with Crippen LogP contribution in [0, 0.1) is 20.8 Å². The van der Waals surface area contributed by atoms with Crippen molar-refractivity contribution in [2.24, 2.45) is 0 Å². The zero-order valence-electron chi connectivity index (χ0n) is 16.5. The number of carbonyl (C=O) groups excluding carboxylic acids is 1. The minimum atomic E-state index is -0.126. The summed E-state index contributed by atoms with van der Waals surface area (Å²) in [7, 11) is 0. The van der Waals surface area contributed by atoms with Crippen LogP contribution in [0.5, 0.6) is 5.75 Å². The fourth-order valence-corrected chi connectivity index (χ4v) is 4.23. The van der Waals surface area contributed by atoms with Crippen molar-refractivity contribution in [3.05, 3.63) is 67.6 Å². The molecule has 7 heteroatoms. The van der Waals surface area contributed by atoms with Crippen molar-refractivity contribution in [2.75, 3.05) is 0 Å². The van der Waals surface area contributed by atoms with Gasteiger partial charge in [-0.3, -0.25) is 9.48 Å². The Bertz CT molecular complexity index is 970. The Morgan fingerprint density at radius 3 is 2.64 bits per heavy atom. The third-order valence-electron chi connectivity index (χ3n) is 4.48. The highest BCUT2D eigenvalue weighted by molar-refractivity contribution is 7.12. The minimum Gasteiger partial charge on any atom is -0.488 e. The number of hydrogen-bond donors (Lipinski definition) is 1. The van der Waals surface area contributed by atoms with Crippen LogP contribution < -0.4 is 10.1 Å². The summed E-state index contributed by atoms with van der Waals surface area (Å²) in [6.07, 6.45) is 1.60. The average Bonchev–Trinajstić information content (AvgIpc) is 3.25. The molecule has 2 heterocycles. The van der Waals surface area contributed by atoms with Gasteiger partial charge in [0, 0.05) is 12.1 Å². The number of aromatic nitrogens is 2. The molecular formula is C21H24ClN3O2S. The highest BCUT2D eigenvalue weighted by Crippen LogP contribution is 2.26. The fourth-order valence-electron chi connectivity index (χ4n) is 3.21. The molecule has 0 aliphatic carbocycles. The molecule has 0 radical (unpaired) electrons. The molecule has 1 amide bonds. The van der Waals surface area contributed by atoms with Crippen molar-refractivity contribution in [1.29, 1.82) is 0 Å². The molecule has 28 heavy (non-hydrogen) atoms. The number of rotatable bonds is 7. The number of ether oxygens (including phenoxy) is 1. The average molecular weight is 418 g/mol. The number of hydrogen-bond acceptors (Lipinski definition) is 4. The molecule has 1 N–H and O–H groups in total. The molecule has 0 atom stereocenters. The number of carbonyl (C=O) groups is 1. The van der Waals surface area contributed by atoms with E-state index in [1.54, 1.807) is 10.9 Å². The lowest BCUT2D eigenvalue weighted by atomic mass is 10.1. The van der Waals surface area contributed by atoms with Crippen LogP contribution in [0.2, 0.25) is 5.02 Å². The van der Waals surface area contributed by atoms with Gasteiger partial charge in [0.15, 0.2) is 0 Å². The molecule has 3 rings (SSSR count). The summed E-state index contributed by atoms with van der Waals surface area (Å²) in [5, 5.41) is 9.61. The van der Waals surface area contributed by atoms with Crippen LogP contribution in [-0.2, 0) is 19.7 Å². The normalized spacial score (nSPS) is 10.9. The van der Waals surface area contributed by atoms with Crippen LogP contribution in [-0.4, -0.2) is 15.7 Å². The summed E-state index contributed by atoms with van der Waals surface area (Å²) in [6, 6.07) is 6.10. The minimum absolute atomic E-state index is 0.126. The lowest BCUT2D eigenvalue weighted by Crippen LogP contribution is -2.23. The summed E-state index contributed by atoms with van der Waals surface area (Å²) in [4.78, 5) is 13.1. The van der Waals surface area contributed by atoms with E-state index in [1.807, 2.05) is 32.2 Å². The topological polar surface area (TPSA) is 56.2 Å². The molecule has 1 aromatic carbocycles. The standard InChI is InChI=1S/C21H24ClN3O2S/c1-5-25-18(17(22)9-24-25)10-23-21(26)19-8-16(12-28-19)11-27-20-14(3)6-13(2)7-15(20)4/h6-9,12H,5,10-11H2,1-4H3,(H,23,26). The van der Waals surface area contributed by atoms with Gasteiger partial charge < -0.3 is 10.1 Å². The van der Waals surface area contributed by atoms with Crippen molar-refractivity contribution >= 4 is 28.8 Å². The maximum absolute atomic E-state index is 12.5. The number of amides is 1. The van der Waals surface area contributed by atoms with Gasteiger partial charge in [0.2, 0.25) is 0 Å². The highest BCUT2D eigenvalue weighted by atomic mass is 35.5. The summed E-state index contributed by atoms with van der Waals surface area (Å²) in [6.45, 7) is 9.64. The second-order valence-electron chi connectivity index (χ2n) is 6.77. The van der Waals surface area contributed by atoms with E-state index in [0.29, 0.717) is 29.6 Å². The second kappa shape index (κ2) is 8.80. The number of thiophene rings is 1. The lowest BCUT2D eigenvalue weighted by molar-refractivity contribution is 0.0954. The van der Waals surface area contributed by atoms with E-state index in [2.05, 4.69) is 29.5 Å². The van der Waals surface area contributed by atoms with Crippen molar-refractivity contribution in [1.82, 2.24) is 15.1 Å². The van der Waals surface area contributed by atoms with E-state index in [-0.39, 0.29) is 5.91 Å². The van der Waals surface area contributed by atoms with E-state index in [4.69, 9.17) is 16.3 Å². The smallest absolute Gasteiger partial charge is 0.261 e. The van der Waals surface area contributed by atoms with Gasteiger partial charge in [-0.15, -0.1) is 11.3 Å². The zero-order valence-corrected chi connectivity index (χ0v) is 18.1. The Morgan fingerprint density at radius 2 is 1.96 bits per heavy atom. The second-order valence-corrected chi connectivity index (χ2v) is 8.09. The lowest BCUT2D eigenvalue weighted by Gasteiger charge is -2.12. The molecule has 0 fully saturated rings. The van der Waals surface area contributed by atoms with Gasteiger partial charge in [-0.1, -0.05) is 29.3 Å². The van der Waals surface area contributed by atoms with Gasteiger partial charge >= 0.3 is 0 Å². The first-order valence-corrected chi connectivity index (χ1v) is 10.4. The molecule has 0 saturated heterocycles. The van der Waals surface area contributed by atoms with Crippen molar-refractivity contribution in [2.45, 2.75) is 47.4 Å².